The van der Waals surface area contributed by atoms with Crippen LogP contribution in [0.2, 0.25) is 0 Å². The maximum atomic E-state index is 13.9. The molecule has 1 aromatic carbocycles. The van der Waals surface area contributed by atoms with Gasteiger partial charge in [0.2, 0.25) is 0 Å². The molecule has 0 saturated carbocycles. The molecule has 0 bridgehead atoms. The Morgan fingerprint density at radius 3 is 1.58 bits per heavy atom. The Morgan fingerprint density at radius 1 is 0.742 bits per heavy atom. The average molecular weight is 674 g/mol. The maximum Gasteiger partial charge on any atom is 0.393 e. The standard InChI is InChI=1S/C16H11BrClF12I/c17-9-4-1-8(2-5-9)3-6-10(31)7-11(19,20)12(21,22)13(23,24)14(25,26)15(27,28)16(18,29)30/h1-2,4-5,10H,3,6-7H2. The van der Waals surface area contributed by atoms with Crippen LogP contribution in [-0.4, -0.2) is 38.9 Å². The minimum absolute atomic E-state index is 0.00559. The minimum Gasteiger partial charge on any atom is -0.200 e. The van der Waals surface area contributed by atoms with Crippen molar-refractivity contribution < 1.29 is 52.7 Å². The van der Waals surface area contributed by atoms with Crippen molar-refractivity contribution in [2.45, 2.75) is 58.2 Å². The van der Waals surface area contributed by atoms with E-state index in [2.05, 4.69) is 27.5 Å². The van der Waals surface area contributed by atoms with Crippen LogP contribution in [0.1, 0.15) is 18.4 Å². The van der Waals surface area contributed by atoms with E-state index >= 15 is 0 Å². The highest BCUT2D eigenvalue weighted by Crippen LogP contribution is 2.61. The summed E-state index contributed by atoms with van der Waals surface area (Å²) in [6, 6.07) is 6.19. The lowest BCUT2D eigenvalue weighted by Crippen LogP contribution is -2.70. The second-order valence-corrected chi connectivity index (χ2v) is 9.62. The molecular formula is C16H11BrClF12I. The van der Waals surface area contributed by atoms with E-state index in [0.29, 0.717) is 10.0 Å². The van der Waals surface area contributed by atoms with Gasteiger partial charge in [0.15, 0.2) is 0 Å². The van der Waals surface area contributed by atoms with E-state index in [0.717, 1.165) is 0 Å². The third kappa shape index (κ3) is 5.52. The molecule has 31 heavy (non-hydrogen) atoms. The fourth-order valence-electron chi connectivity index (χ4n) is 2.28. The summed E-state index contributed by atoms with van der Waals surface area (Å²) in [5.41, 5.74) is 0.542. The fraction of sp³-hybridized carbons (Fsp3) is 0.625. The third-order valence-corrected chi connectivity index (χ3v) is 5.96. The van der Waals surface area contributed by atoms with E-state index in [-0.39, 0.29) is 12.8 Å². The van der Waals surface area contributed by atoms with Gasteiger partial charge in [0.25, 0.3) is 0 Å². The van der Waals surface area contributed by atoms with Crippen LogP contribution in [0.25, 0.3) is 0 Å². The summed E-state index contributed by atoms with van der Waals surface area (Å²) in [4.78, 5) is 0. The second-order valence-electron chi connectivity index (χ2n) is 6.47. The summed E-state index contributed by atoms with van der Waals surface area (Å²) in [6.45, 7) is 0. The molecule has 0 aliphatic heterocycles. The van der Waals surface area contributed by atoms with Gasteiger partial charge in [-0.25, -0.2) is 0 Å². The van der Waals surface area contributed by atoms with Gasteiger partial charge in [0, 0.05) is 14.8 Å². The van der Waals surface area contributed by atoms with Crippen LogP contribution < -0.4 is 0 Å². The van der Waals surface area contributed by atoms with E-state index in [4.69, 9.17) is 0 Å². The fourth-order valence-corrected chi connectivity index (χ4v) is 3.53. The highest BCUT2D eigenvalue weighted by Gasteiger charge is 2.89. The molecule has 1 rings (SSSR count). The Balaban J connectivity index is 3.08. The zero-order valence-corrected chi connectivity index (χ0v) is 19.2. The summed E-state index contributed by atoms with van der Waals surface area (Å²) in [6.07, 6.45) is -2.41. The SMILES string of the molecule is FC(F)(Cl)C(F)(F)C(F)(F)C(F)(F)C(F)(F)C(F)(F)CC(I)CCc1ccc(Br)cc1. The van der Waals surface area contributed by atoms with Crippen LogP contribution in [0.4, 0.5) is 52.7 Å². The molecule has 0 aliphatic rings. The minimum atomic E-state index is -7.61. The largest absolute Gasteiger partial charge is 0.393 e. The predicted molar refractivity (Wildman–Crippen MR) is 100 cm³/mol. The number of hydrogen-bond acceptors (Lipinski definition) is 0. The normalized spacial score (nSPS) is 15.8. The van der Waals surface area contributed by atoms with Gasteiger partial charge in [0.05, 0.1) is 0 Å². The van der Waals surface area contributed by atoms with E-state index in [1.54, 1.807) is 12.1 Å². The van der Waals surface area contributed by atoms with Crippen LogP contribution >= 0.6 is 50.1 Å². The van der Waals surface area contributed by atoms with Gasteiger partial charge in [-0.1, -0.05) is 50.7 Å². The number of aryl methyl sites for hydroxylation is 1. The van der Waals surface area contributed by atoms with Crippen molar-refractivity contribution in [2.24, 2.45) is 0 Å². The molecule has 180 valence electrons. The summed E-state index contributed by atoms with van der Waals surface area (Å²) in [7, 11) is 0. The number of benzene rings is 1. The van der Waals surface area contributed by atoms with Gasteiger partial charge in [-0.3, -0.25) is 0 Å². The topological polar surface area (TPSA) is 0 Å². The Morgan fingerprint density at radius 2 is 1.16 bits per heavy atom. The number of alkyl halides is 14. The summed E-state index contributed by atoms with van der Waals surface area (Å²) >= 11 is 7.94. The van der Waals surface area contributed by atoms with Crippen molar-refractivity contribution in [3.8, 4) is 0 Å². The van der Waals surface area contributed by atoms with Crippen molar-refractivity contribution in [1.29, 1.82) is 0 Å². The monoisotopic (exact) mass is 672 g/mol. The third-order valence-electron chi connectivity index (χ3n) is 4.14. The Bertz CT molecular complexity index is 748. The van der Waals surface area contributed by atoms with Crippen molar-refractivity contribution in [1.82, 2.24) is 0 Å². The zero-order chi connectivity index (χ0) is 24.7. The summed E-state index contributed by atoms with van der Waals surface area (Å²) < 4.78 is 159. The van der Waals surface area contributed by atoms with Crippen LogP contribution in [0.15, 0.2) is 28.7 Å². The van der Waals surface area contributed by atoms with E-state index in [1.165, 1.54) is 34.7 Å². The molecule has 1 unspecified atom stereocenters. The zero-order valence-electron chi connectivity index (χ0n) is 14.7. The molecule has 0 amide bonds. The summed E-state index contributed by atoms with van der Waals surface area (Å²) in [5, 5.41) is -6.43. The highest BCUT2D eigenvalue weighted by atomic mass is 127. The van der Waals surface area contributed by atoms with Crippen molar-refractivity contribution in [2.75, 3.05) is 0 Å². The molecule has 0 N–H and O–H groups in total. The average Bonchev–Trinajstić information content (AvgIpc) is 2.59. The predicted octanol–water partition coefficient (Wildman–Crippen LogP) is 8.58. The molecule has 15 heteroatoms. The molecule has 0 aromatic heterocycles. The lowest BCUT2D eigenvalue weighted by Gasteiger charge is -2.40. The molecule has 1 aromatic rings. The maximum absolute atomic E-state index is 13.9. The van der Waals surface area contributed by atoms with Gasteiger partial charge in [-0.05, 0) is 42.1 Å². The highest BCUT2D eigenvalue weighted by molar-refractivity contribution is 14.1. The molecule has 0 fully saturated rings. The van der Waals surface area contributed by atoms with Crippen molar-refractivity contribution in [3.05, 3.63) is 34.3 Å². The van der Waals surface area contributed by atoms with Gasteiger partial charge >= 0.3 is 35.0 Å². The molecule has 0 aliphatic carbocycles. The van der Waals surface area contributed by atoms with Crippen LogP contribution in [-0.2, 0) is 6.42 Å². The second kappa shape index (κ2) is 9.26. The van der Waals surface area contributed by atoms with Crippen LogP contribution in [0.3, 0.4) is 0 Å². The molecule has 1 atom stereocenters. The lowest BCUT2D eigenvalue weighted by atomic mass is 9.91. The summed E-state index contributed by atoms with van der Waals surface area (Å²) in [5.74, 6) is -35.5. The van der Waals surface area contributed by atoms with Gasteiger partial charge in [0.1, 0.15) is 0 Å². The number of hydrogen-bond donors (Lipinski definition) is 0. The Hall–Kier alpha value is -0.120. The molecule has 0 saturated heterocycles. The van der Waals surface area contributed by atoms with E-state index in [1.807, 2.05) is 0 Å². The van der Waals surface area contributed by atoms with Gasteiger partial charge in [-0.2, -0.15) is 52.7 Å². The first kappa shape index (κ1) is 28.9. The number of halogens is 15. The van der Waals surface area contributed by atoms with Crippen molar-refractivity contribution >= 4 is 50.1 Å². The van der Waals surface area contributed by atoms with Crippen LogP contribution in [0.5, 0.6) is 0 Å². The Kier molecular flexibility index (Phi) is 8.64. The molecule has 0 nitrogen and oxygen atoms in total. The van der Waals surface area contributed by atoms with Crippen LogP contribution in [0, 0.1) is 0 Å². The molecule has 0 spiro atoms. The number of rotatable bonds is 10. The molecular weight excluding hydrogens is 662 g/mol. The van der Waals surface area contributed by atoms with E-state index < -0.39 is 45.3 Å². The lowest BCUT2D eigenvalue weighted by molar-refractivity contribution is -0.417. The first-order valence-electron chi connectivity index (χ1n) is 7.96. The first-order valence-corrected chi connectivity index (χ1v) is 10.4. The van der Waals surface area contributed by atoms with Crippen molar-refractivity contribution in [3.63, 3.8) is 0 Å². The molecule has 0 heterocycles. The van der Waals surface area contributed by atoms with Gasteiger partial charge in [-0.15, -0.1) is 0 Å². The molecule has 0 radical (unpaired) electrons. The smallest absolute Gasteiger partial charge is 0.200 e. The Labute approximate surface area is 194 Å². The van der Waals surface area contributed by atoms with E-state index in [9.17, 15) is 52.7 Å². The quantitative estimate of drug-likeness (QED) is 0.133. The first-order chi connectivity index (χ1) is 13.6. The van der Waals surface area contributed by atoms with Gasteiger partial charge < -0.3 is 0 Å².